The van der Waals surface area contributed by atoms with E-state index in [1.165, 1.54) is 0 Å². The second-order valence-electron chi connectivity index (χ2n) is 3.80. The van der Waals surface area contributed by atoms with Crippen LogP contribution >= 0.6 is 0 Å². The molecule has 0 aromatic rings. The number of aliphatic carboxylic acids is 1. The number of hydrogen-bond donors (Lipinski definition) is 3. The van der Waals surface area contributed by atoms with Gasteiger partial charge in [-0.25, -0.2) is 4.79 Å². The molecular weight excluding hydrogens is 224 g/mol. The Kier molecular flexibility index (Phi) is 5.46. The lowest BCUT2D eigenvalue weighted by Gasteiger charge is -2.23. The van der Waals surface area contributed by atoms with E-state index in [0.29, 0.717) is 19.8 Å². The van der Waals surface area contributed by atoms with Crippen LogP contribution in [0, 0.1) is 12.3 Å². The molecule has 1 aliphatic rings. The van der Waals surface area contributed by atoms with Crippen molar-refractivity contribution in [2.45, 2.75) is 24.9 Å². The minimum absolute atomic E-state index is 0.0182. The summed E-state index contributed by atoms with van der Waals surface area (Å²) in [4.78, 5) is 22.3. The summed E-state index contributed by atoms with van der Waals surface area (Å²) in [6, 6.07) is -1.08. The maximum atomic E-state index is 11.6. The highest BCUT2D eigenvalue weighted by Crippen LogP contribution is 2.00. The van der Waals surface area contributed by atoms with E-state index in [1.54, 1.807) is 0 Å². The van der Waals surface area contributed by atoms with E-state index in [1.807, 2.05) is 0 Å². The van der Waals surface area contributed by atoms with Gasteiger partial charge in [-0.05, 0) is 0 Å². The van der Waals surface area contributed by atoms with E-state index in [0.717, 1.165) is 0 Å². The zero-order chi connectivity index (χ0) is 12.7. The van der Waals surface area contributed by atoms with Gasteiger partial charge in [-0.15, -0.1) is 12.3 Å². The second-order valence-corrected chi connectivity index (χ2v) is 3.80. The van der Waals surface area contributed by atoms with Crippen LogP contribution in [-0.2, 0) is 14.3 Å². The van der Waals surface area contributed by atoms with Crippen molar-refractivity contribution < 1.29 is 19.4 Å². The Morgan fingerprint density at radius 2 is 2.41 bits per heavy atom. The molecular formula is C11H16N2O4. The average molecular weight is 240 g/mol. The van der Waals surface area contributed by atoms with E-state index in [4.69, 9.17) is 16.3 Å². The number of terminal acetylenes is 1. The molecule has 0 aromatic heterocycles. The van der Waals surface area contributed by atoms with Crippen molar-refractivity contribution >= 4 is 11.9 Å². The lowest BCUT2D eigenvalue weighted by Crippen LogP contribution is -2.47. The zero-order valence-electron chi connectivity index (χ0n) is 9.44. The maximum Gasteiger partial charge on any atom is 0.327 e. The fourth-order valence-corrected chi connectivity index (χ4v) is 1.55. The van der Waals surface area contributed by atoms with Crippen LogP contribution in [0.2, 0.25) is 0 Å². The number of nitrogens with one attached hydrogen (secondary N) is 2. The Morgan fingerprint density at radius 1 is 1.65 bits per heavy atom. The van der Waals surface area contributed by atoms with E-state index in [9.17, 15) is 9.59 Å². The number of carbonyl (C=O) groups is 2. The van der Waals surface area contributed by atoms with Gasteiger partial charge in [0.25, 0.3) is 0 Å². The molecule has 17 heavy (non-hydrogen) atoms. The smallest absolute Gasteiger partial charge is 0.327 e. The zero-order valence-corrected chi connectivity index (χ0v) is 9.44. The summed E-state index contributed by atoms with van der Waals surface area (Å²) in [6.45, 7) is 1.79. The molecule has 3 N–H and O–H groups in total. The molecule has 0 bridgehead atoms. The number of rotatable bonds is 5. The van der Waals surface area contributed by atoms with Crippen LogP contribution in [0.15, 0.2) is 0 Å². The molecule has 1 amide bonds. The van der Waals surface area contributed by atoms with Crippen molar-refractivity contribution in [1.82, 2.24) is 10.6 Å². The monoisotopic (exact) mass is 240 g/mol. The minimum Gasteiger partial charge on any atom is -0.480 e. The van der Waals surface area contributed by atoms with Gasteiger partial charge in [0, 0.05) is 25.4 Å². The molecule has 2 unspecified atom stereocenters. The summed E-state index contributed by atoms with van der Waals surface area (Å²) in [6.07, 6.45) is 5.20. The second kappa shape index (κ2) is 6.89. The van der Waals surface area contributed by atoms with Gasteiger partial charge in [-0.1, -0.05) is 0 Å². The minimum atomic E-state index is -1.12. The lowest BCUT2D eigenvalue weighted by atomic mass is 10.1. The number of carboxylic acids is 1. The van der Waals surface area contributed by atoms with Crippen LogP contribution in [0.5, 0.6) is 0 Å². The van der Waals surface area contributed by atoms with Gasteiger partial charge in [0.15, 0.2) is 0 Å². The number of carbonyl (C=O) groups excluding carboxylic acids is 1. The van der Waals surface area contributed by atoms with Crippen molar-refractivity contribution in [3.63, 3.8) is 0 Å². The summed E-state index contributed by atoms with van der Waals surface area (Å²) in [5, 5.41) is 14.3. The summed E-state index contributed by atoms with van der Waals surface area (Å²) >= 11 is 0. The van der Waals surface area contributed by atoms with Crippen LogP contribution in [0.3, 0.4) is 0 Å². The van der Waals surface area contributed by atoms with Gasteiger partial charge in [0.2, 0.25) is 5.91 Å². The van der Waals surface area contributed by atoms with Gasteiger partial charge in [-0.3, -0.25) is 4.79 Å². The highest BCUT2D eigenvalue weighted by molar-refractivity contribution is 5.84. The molecule has 0 saturated carbocycles. The standard InChI is InChI=1S/C11H16N2O4/c1-2-3-9(11(15)16)13-10(14)6-8-7-17-5-4-12-8/h1,8-9,12H,3-7H2,(H,13,14)(H,15,16). The van der Waals surface area contributed by atoms with Gasteiger partial charge < -0.3 is 20.5 Å². The molecule has 1 heterocycles. The van der Waals surface area contributed by atoms with E-state index < -0.39 is 12.0 Å². The van der Waals surface area contributed by atoms with Gasteiger partial charge in [0.1, 0.15) is 6.04 Å². The first-order chi connectivity index (χ1) is 8.13. The third kappa shape index (κ3) is 4.85. The third-order valence-electron chi connectivity index (χ3n) is 2.39. The Morgan fingerprint density at radius 3 is 2.94 bits per heavy atom. The van der Waals surface area contributed by atoms with Crippen molar-refractivity contribution in [3.05, 3.63) is 0 Å². The molecule has 1 rings (SSSR count). The number of hydrogen-bond acceptors (Lipinski definition) is 4. The van der Waals surface area contributed by atoms with Crippen LogP contribution in [0.25, 0.3) is 0 Å². The van der Waals surface area contributed by atoms with Gasteiger partial charge in [-0.2, -0.15) is 0 Å². The van der Waals surface area contributed by atoms with E-state index >= 15 is 0 Å². The molecule has 1 saturated heterocycles. The van der Waals surface area contributed by atoms with Crippen molar-refractivity contribution in [1.29, 1.82) is 0 Å². The van der Waals surface area contributed by atoms with E-state index in [2.05, 4.69) is 16.6 Å². The normalized spacial score (nSPS) is 21.2. The highest BCUT2D eigenvalue weighted by atomic mass is 16.5. The summed E-state index contributed by atoms with van der Waals surface area (Å²) in [5.74, 6) is 0.764. The fraction of sp³-hybridized carbons (Fsp3) is 0.636. The molecule has 0 spiro atoms. The quantitative estimate of drug-likeness (QED) is 0.534. The first-order valence-electron chi connectivity index (χ1n) is 5.40. The van der Waals surface area contributed by atoms with Gasteiger partial charge in [0.05, 0.1) is 13.2 Å². The Labute approximate surface area is 99.7 Å². The number of morpholine rings is 1. The molecule has 0 aromatic carbocycles. The number of amides is 1. The topological polar surface area (TPSA) is 87.7 Å². The SMILES string of the molecule is C#CCC(NC(=O)CC1COCCN1)C(=O)O. The molecule has 6 nitrogen and oxygen atoms in total. The summed E-state index contributed by atoms with van der Waals surface area (Å²) in [7, 11) is 0. The summed E-state index contributed by atoms with van der Waals surface area (Å²) < 4.78 is 5.19. The number of ether oxygens (including phenoxy) is 1. The van der Waals surface area contributed by atoms with Crippen molar-refractivity contribution in [2.75, 3.05) is 19.8 Å². The molecule has 1 fully saturated rings. The molecule has 6 heteroatoms. The molecule has 0 radical (unpaired) electrons. The number of carboxylic acid groups (broad SMARTS) is 1. The van der Waals surface area contributed by atoms with Crippen molar-refractivity contribution in [2.24, 2.45) is 0 Å². The molecule has 2 atom stereocenters. The van der Waals surface area contributed by atoms with E-state index in [-0.39, 0.29) is 24.8 Å². The predicted molar refractivity (Wildman–Crippen MR) is 60.2 cm³/mol. The fourth-order valence-electron chi connectivity index (χ4n) is 1.55. The maximum absolute atomic E-state index is 11.6. The Bertz CT molecular complexity index is 318. The Hall–Kier alpha value is -1.58. The Balaban J connectivity index is 2.36. The van der Waals surface area contributed by atoms with Crippen LogP contribution in [0.1, 0.15) is 12.8 Å². The molecule has 1 aliphatic heterocycles. The predicted octanol–water partition coefficient (Wildman–Crippen LogP) is -1.04. The first kappa shape index (κ1) is 13.5. The van der Waals surface area contributed by atoms with Crippen LogP contribution < -0.4 is 10.6 Å². The highest BCUT2D eigenvalue weighted by Gasteiger charge is 2.22. The van der Waals surface area contributed by atoms with Crippen LogP contribution in [-0.4, -0.2) is 48.8 Å². The largest absolute Gasteiger partial charge is 0.480 e. The molecule has 0 aliphatic carbocycles. The van der Waals surface area contributed by atoms with Crippen LogP contribution in [0.4, 0.5) is 0 Å². The average Bonchev–Trinajstić information content (AvgIpc) is 2.29. The van der Waals surface area contributed by atoms with Gasteiger partial charge >= 0.3 is 5.97 Å². The van der Waals surface area contributed by atoms with Crippen molar-refractivity contribution in [3.8, 4) is 12.3 Å². The third-order valence-corrected chi connectivity index (χ3v) is 2.39. The lowest BCUT2D eigenvalue weighted by molar-refractivity contribution is -0.141. The molecule has 94 valence electrons. The first-order valence-corrected chi connectivity index (χ1v) is 5.40. The summed E-state index contributed by atoms with van der Waals surface area (Å²) in [5.41, 5.74) is 0.